The van der Waals surface area contributed by atoms with E-state index in [4.69, 9.17) is 13.9 Å². The second-order valence-corrected chi connectivity index (χ2v) is 6.51. The van der Waals surface area contributed by atoms with Gasteiger partial charge in [-0.05, 0) is 24.3 Å². The van der Waals surface area contributed by atoms with Gasteiger partial charge in [-0.2, -0.15) is 0 Å². The quantitative estimate of drug-likeness (QED) is 0.687. The zero-order valence-corrected chi connectivity index (χ0v) is 16.1. The summed E-state index contributed by atoms with van der Waals surface area (Å²) in [6, 6.07) is 15.0. The van der Waals surface area contributed by atoms with Crippen LogP contribution in [0.5, 0.6) is 5.75 Å². The Hall–Kier alpha value is -3.39. The van der Waals surface area contributed by atoms with Gasteiger partial charge in [0.2, 0.25) is 11.8 Å². The number of hydrogen-bond acceptors (Lipinski definition) is 7. The lowest BCUT2D eigenvalue weighted by molar-refractivity contribution is 0.0944. The molecular weight excluding hydrogens is 372 g/mol. The number of methoxy groups -OCH3 is 1. The first kappa shape index (κ1) is 18.9. The molecule has 1 aliphatic rings. The fourth-order valence-corrected chi connectivity index (χ4v) is 3.24. The molecule has 1 N–H and O–H groups in total. The number of nitrogens with zero attached hydrogens (tertiary/aromatic N) is 3. The second kappa shape index (κ2) is 8.74. The molecule has 1 aromatic heterocycles. The first-order valence-electron chi connectivity index (χ1n) is 9.42. The number of carbonyl (C=O) groups is 1. The van der Waals surface area contributed by atoms with E-state index in [1.165, 1.54) is 0 Å². The number of amides is 1. The Balaban J connectivity index is 1.47. The third-order valence-electron chi connectivity index (χ3n) is 4.68. The molecule has 0 radical (unpaired) electrons. The number of hydrogen-bond donors (Lipinski definition) is 1. The number of anilines is 1. The lowest BCUT2D eigenvalue weighted by atomic mass is 10.1. The minimum atomic E-state index is -0.267. The van der Waals surface area contributed by atoms with Crippen molar-refractivity contribution in [3.63, 3.8) is 0 Å². The fraction of sp³-hybridized carbons (Fsp3) is 0.286. The summed E-state index contributed by atoms with van der Waals surface area (Å²) in [5.41, 5.74) is 2.17. The molecule has 1 amide bonds. The van der Waals surface area contributed by atoms with Crippen molar-refractivity contribution in [2.75, 3.05) is 38.3 Å². The molecule has 0 unspecified atom stereocenters. The van der Waals surface area contributed by atoms with Crippen molar-refractivity contribution in [1.29, 1.82) is 0 Å². The van der Waals surface area contributed by atoms with Gasteiger partial charge in [0.05, 0.1) is 38.1 Å². The van der Waals surface area contributed by atoms with Gasteiger partial charge >= 0.3 is 0 Å². The number of ether oxygens (including phenoxy) is 2. The summed E-state index contributed by atoms with van der Waals surface area (Å²) in [6.07, 6.45) is 0. The number of rotatable bonds is 6. The zero-order chi connectivity index (χ0) is 20.1. The van der Waals surface area contributed by atoms with E-state index in [-0.39, 0.29) is 12.5 Å². The number of benzene rings is 2. The Morgan fingerprint density at radius 1 is 1.10 bits per heavy atom. The van der Waals surface area contributed by atoms with Crippen molar-refractivity contribution in [1.82, 2.24) is 15.5 Å². The molecule has 4 rings (SSSR count). The van der Waals surface area contributed by atoms with Gasteiger partial charge in [-0.25, -0.2) is 0 Å². The first-order chi connectivity index (χ1) is 14.3. The largest absolute Gasteiger partial charge is 0.494 e. The predicted octanol–water partition coefficient (Wildman–Crippen LogP) is 2.51. The molecule has 0 spiro atoms. The third kappa shape index (κ3) is 4.22. The van der Waals surface area contributed by atoms with E-state index < -0.39 is 0 Å². The standard InChI is InChI=1S/C21H22N4O4/c1-27-19-16(8-5-9-17(19)25-10-12-28-13-11-25)20(26)22-14-18-23-24-21(29-18)15-6-3-2-4-7-15/h2-9H,10-14H2,1H3,(H,22,26). The van der Waals surface area contributed by atoms with Crippen LogP contribution in [-0.2, 0) is 11.3 Å². The molecular formula is C21H22N4O4. The van der Waals surface area contributed by atoms with Gasteiger partial charge in [-0.1, -0.05) is 24.3 Å². The molecule has 2 aromatic carbocycles. The normalized spacial score (nSPS) is 13.9. The lowest BCUT2D eigenvalue weighted by Crippen LogP contribution is -2.36. The number of nitrogens with one attached hydrogen (secondary N) is 1. The van der Waals surface area contributed by atoms with E-state index in [1.54, 1.807) is 13.2 Å². The highest BCUT2D eigenvalue weighted by atomic mass is 16.5. The molecule has 0 aliphatic carbocycles. The maximum Gasteiger partial charge on any atom is 0.255 e. The van der Waals surface area contributed by atoms with Crippen LogP contribution in [0, 0.1) is 0 Å². The number of para-hydroxylation sites is 1. The molecule has 0 atom stereocenters. The van der Waals surface area contributed by atoms with Crippen LogP contribution < -0.4 is 15.0 Å². The van der Waals surface area contributed by atoms with Crippen LogP contribution in [0.2, 0.25) is 0 Å². The minimum Gasteiger partial charge on any atom is -0.494 e. The zero-order valence-electron chi connectivity index (χ0n) is 16.1. The second-order valence-electron chi connectivity index (χ2n) is 6.51. The molecule has 0 bridgehead atoms. The van der Waals surface area contributed by atoms with Crippen LogP contribution in [0.1, 0.15) is 16.2 Å². The third-order valence-corrected chi connectivity index (χ3v) is 4.68. The summed E-state index contributed by atoms with van der Waals surface area (Å²) in [4.78, 5) is 14.9. The van der Waals surface area contributed by atoms with E-state index in [0.717, 1.165) is 24.3 Å². The summed E-state index contributed by atoms with van der Waals surface area (Å²) in [7, 11) is 1.57. The fourth-order valence-electron chi connectivity index (χ4n) is 3.24. The monoisotopic (exact) mass is 394 g/mol. The highest BCUT2D eigenvalue weighted by Crippen LogP contribution is 2.32. The van der Waals surface area contributed by atoms with E-state index in [0.29, 0.717) is 36.3 Å². The summed E-state index contributed by atoms with van der Waals surface area (Å²) in [5, 5.41) is 10.9. The molecule has 0 saturated carbocycles. The molecule has 29 heavy (non-hydrogen) atoms. The Labute approximate surface area is 168 Å². The van der Waals surface area contributed by atoms with E-state index >= 15 is 0 Å². The summed E-state index contributed by atoms with van der Waals surface area (Å²) >= 11 is 0. The molecule has 150 valence electrons. The van der Waals surface area contributed by atoms with Crippen molar-refractivity contribution in [2.24, 2.45) is 0 Å². The van der Waals surface area contributed by atoms with Gasteiger partial charge in [-0.3, -0.25) is 4.79 Å². The molecule has 1 aliphatic heterocycles. The summed E-state index contributed by atoms with van der Waals surface area (Å²) < 4.78 is 16.6. The van der Waals surface area contributed by atoms with Crippen LogP contribution in [0.3, 0.4) is 0 Å². The van der Waals surface area contributed by atoms with Crippen molar-refractivity contribution in [3.8, 4) is 17.2 Å². The first-order valence-corrected chi connectivity index (χ1v) is 9.42. The van der Waals surface area contributed by atoms with Crippen molar-refractivity contribution in [3.05, 3.63) is 60.0 Å². The van der Waals surface area contributed by atoms with Gasteiger partial charge in [0.25, 0.3) is 5.91 Å². The van der Waals surface area contributed by atoms with Gasteiger partial charge < -0.3 is 24.1 Å². The van der Waals surface area contributed by atoms with Crippen LogP contribution in [-0.4, -0.2) is 49.5 Å². The van der Waals surface area contributed by atoms with Crippen LogP contribution in [0.4, 0.5) is 5.69 Å². The lowest BCUT2D eigenvalue weighted by Gasteiger charge is -2.30. The SMILES string of the molecule is COc1c(C(=O)NCc2nnc(-c3ccccc3)o2)cccc1N1CCOCC1. The van der Waals surface area contributed by atoms with Gasteiger partial charge in [0.15, 0.2) is 5.75 Å². The Morgan fingerprint density at radius 3 is 2.66 bits per heavy atom. The molecule has 1 fully saturated rings. The molecule has 8 heteroatoms. The summed E-state index contributed by atoms with van der Waals surface area (Å²) in [5.74, 6) is 1.03. The Morgan fingerprint density at radius 2 is 1.90 bits per heavy atom. The number of carbonyl (C=O) groups excluding carboxylic acids is 1. The van der Waals surface area contributed by atoms with Crippen molar-refractivity contribution in [2.45, 2.75) is 6.54 Å². The number of aromatic nitrogens is 2. The molecule has 1 saturated heterocycles. The van der Waals surface area contributed by atoms with Gasteiger partial charge in [-0.15, -0.1) is 10.2 Å². The minimum absolute atomic E-state index is 0.129. The molecule has 2 heterocycles. The smallest absolute Gasteiger partial charge is 0.255 e. The van der Waals surface area contributed by atoms with Crippen LogP contribution in [0.25, 0.3) is 11.5 Å². The highest BCUT2D eigenvalue weighted by molar-refractivity contribution is 5.98. The molecule has 8 nitrogen and oxygen atoms in total. The number of morpholine rings is 1. The molecule has 3 aromatic rings. The highest BCUT2D eigenvalue weighted by Gasteiger charge is 2.21. The van der Waals surface area contributed by atoms with Crippen molar-refractivity contribution >= 4 is 11.6 Å². The van der Waals surface area contributed by atoms with Crippen LogP contribution in [0.15, 0.2) is 52.9 Å². The Kier molecular flexibility index (Phi) is 5.71. The van der Waals surface area contributed by atoms with E-state index in [9.17, 15) is 4.79 Å². The predicted molar refractivity (Wildman–Crippen MR) is 107 cm³/mol. The van der Waals surface area contributed by atoms with Crippen LogP contribution >= 0.6 is 0 Å². The average molecular weight is 394 g/mol. The van der Waals surface area contributed by atoms with Gasteiger partial charge in [0, 0.05) is 18.7 Å². The summed E-state index contributed by atoms with van der Waals surface area (Å²) in [6.45, 7) is 2.95. The van der Waals surface area contributed by atoms with Crippen molar-refractivity contribution < 1.29 is 18.7 Å². The van der Waals surface area contributed by atoms with Gasteiger partial charge in [0.1, 0.15) is 0 Å². The average Bonchev–Trinajstić information content (AvgIpc) is 3.27. The van der Waals surface area contributed by atoms with E-state index in [1.807, 2.05) is 42.5 Å². The van der Waals surface area contributed by atoms with E-state index in [2.05, 4.69) is 20.4 Å². The topological polar surface area (TPSA) is 89.7 Å². The maximum absolute atomic E-state index is 12.8. The Bertz CT molecular complexity index is 968. The maximum atomic E-state index is 12.8.